The first-order valence-electron chi connectivity index (χ1n) is 21.6. The van der Waals surface area contributed by atoms with Gasteiger partial charge in [-0.15, -0.1) is 0 Å². The number of carbonyl (C=O) groups is 5. The molecule has 5 aromatic carbocycles. The molecule has 8 aromatic rings. The topological polar surface area (TPSA) is 131 Å². The first-order valence-corrected chi connectivity index (χ1v) is 21.6. The smallest absolute Gasteiger partial charge is 0.372 e. The lowest BCUT2D eigenvalue weighted by Gasteiger charge is -2.03. The number of hydrogen-bond acceptors (Lipinski definition) is 5. The van der Waals surface area contributed by atoms with Gasteiger partial charge in [-0.2, -0.15) is 0 Å². The number of carboxylic acids is 1. The molecule has 0 saturated carbocycles. The molecule has 3 aromatic heterocycles. The van der Waals surface area contributed by atoms with E-state index in [1.54, 1.807) is 90.0 Å². The van der Waals surface area contributed by atoms with Crippen LogP contribution >= 0.6 is 0 Å². The van der Waals surface area contributed by atoms with Crippen LogP contribution < -0.4 is 0 Å². The van der Waals surface area contributed by atoms with E-state index >= 15 is 0 Å². The van der Waals surface area contributed by atoms with Crippen LogP contribution in [0.3, 0.4) is 0 Å². The molecule has 69 heavy (non-hydrogen) atoms. The van der Waals surface area contributed by atoms with Gasteiger partial charge in [0.25, 0.3) is 0 Å². The molecule has 0 atom stereocenters. The molecule has 0 saturated heterocycles. The van der Waals surface area contributed by atoms with E-state index in [1.807, 2.05) is 17.0 Å². The maximum absolute atomic E-state index is 13.1. The molecule has 9 nitrogen and oxygen atoms in total. The quantitative estimate of drug-likeness (QED) is 0.0429. The van der Waals surface area contributed by atoms with E-state index < -0.39 is 24.0 Å². The Balaban J connectivity index is 0.000000177. The molecular formula is C55H46F5N3O6. The lowest BCUT2D eigenvalue weighted by atomic mass is 9.99. The number of nitrogens with one attached hydrogen (secondary N) is 1. The zero-order valence-corrected chi connectivity index (χ0v) is 37.5. The Morgan fingerprint density at radius 1 is 0.435 bits per heavy atom. The third kappa shape index (κ3) is 14.9. The number of Topliss-reactive ketones (excluding diaryl/α,β-unsaturated/α-hetero) is 4. The Hall–Kier alpha value is -8.26. The molecule has 0 radical (unpaired) electrons. The predicted octanol–water partition coefficient (Wildman–Crippen LogP) is 11.2. The number of halogens is 5. The molecule has 0 fully saturated rings. The lowest BCUT2D eigenvalue weighted by Crippen LogP contribution is -2.17. The summed E-state index contributed by atoms with van der Waals surface area (Å²) >= 11 is 0. The van der Waals surface area contributed by atoms with Gasteiger partial charge in [-0.1, -0.05) is 60.7 Å². The maximum Gasteiger partial charge on any atom is 0.372 e. The van der Waals surface area contributed by atoms with E-state index in [2.05, 4.69) is 4.98 Å². The number of aromatic nitrogens is 3. The van der Waals surface area contributed by atoms with Crippen molar-refractivity contribution in [3.05, 3.63) is 249 Å². The number of hydrogen-bond donors (Lipinski definition) is 2. The van der Waals surface area contributed by atoms with Crippen molar-refractivity contribution in [2.24, 2.45) is 0 Å². The van der Waals surface area contributed by atoms with Gasteiger partial charge in [-0.05, 0) is 138 Å². The SMILES string of the molecule is CC(=O)c1c[nH]cc1Cc1ccc(F)cc1.CC(=O)c1cn(Cc2ccc(F)cc2)cc1Cc1ccc(F)cc1.O=C(O)C(=O)CC(=O)c1cn(Cc2ccc(F)cc2)cc1Cc1ccc(F)cc1. The van der Waals surface area contributed by atoms with Gasteiger partial charge in [-0.3, -0.25) is 19.2 Å². The Bertz CT molecular complexity index is 3040. The van der Waals surface area contributed by atoms with Gasteiger partial charge in [-0.25, -0.2) is 26.7 Å². The van der Waals surface area contributed by atoms with Crippen LogP contribution in [0.4, 0.5) is 22.0 Å². The van der Waals surface area contributed by atoms with Crippen molar-refractivity contribution < 1.29 is 51.0 Å². The fraction of sp³-hybridized carbons (Fsp3) is 0.145. The van der Waals surface area contributed by atoms with Crippen molar-refractivity contribution in [3.63, 3.8) is 0 Å². The molecule has 14 heteroatoms. The maximum atomic E-state index is 13.1. The molecular weight excluding hydrogens is 894 g/mol. The molecule has 0 amide bonds. The van der Waals surface area contributed by atoms with E-state index in [0.717, 1.165) is 38.9 Å². The van der Waals surface area contributed by atoms with Crippen molar-refractivity contribution in [1.82, 2.24) is 14.1 Å². The Morgan fingerprint density at radius 2 is 0.768 bits per heavy atom. The van der Waals surface area contributed by atoms with Crippen LogP contribution in [0, 0.1) is 29.1 Å². The van der Waals surface area contributed by atoms with E-state index in [1.165, 1.54) is 74.5 Å². The van der Waals surface area contributed by atoms with E-state index in [9.17, 15) is 45.9 Å². The second-order valence-corrected chi connectivity index (χ2v) is 16.2. The van der Waals surface area contributed by atoms with Crippen molar-refractivity contribution in [2.45, 2.75) is 52.6 Å². The second kappa shape index (κ2) is 23.5. The number of nitrogens with zero attached hydrogens (tertiary/aromatic N) is 2. The van der Waals surface area contributed by atoms with Gasteiger partial charge in [0.1, 0.15) is 29.1 Å². The Morgan fingerprint density at radius 3 is 1.13 bits per heavy atom. The van der Waals surface area contributed by atoms with Gasteiger partial charge in [0, 0.05) is 67.0 Å². The van der Waals surface area contributed by atoms with Crippen LogP contribution in [0.2, 0.25) is 0 Å². The number of ketones is 4. The Kier molecular flexibility index (Phi) is 17.1. The minimum atomic E-state index is -1.66. The minimum Gasteiger partial charge on any atom is -0.475 e. The first-order chi connectivity index (χ1) is 33.0. The fourth-order valence-corrected chi connectivity index (χ4v) is 7.40. The van der Waals surface area contributed by atoms with Crippen molar-refractivity contribution >= 4 is 29.1 Å². The number of aromatic amines is 1. The zero-order chi connectivity index (χ0) is 49.6. The summed E-state index contributed by atoms with van der Waals surface area (Å²) in [5.41, 5.74) is 8.45. The highest BCUT2D eigenvalue weighted by molar-refractivity contribution is 6.37. The molecule has 352 valence electrons. The number of carboxylic acid groups (broad SMARTS) is 1. The average Bonchev–Trinajstić information content (AvgIpc) is 4.07. The molecule has 8 rings (SSSR count). The molecule has 3 heterocycles. The number of aliphatic carboxylic acids is 1. The second-order valence-electron chi connectivity index (χ2n) is 16.2. The van der Waals surface area contributed by atoms with Gasteiger partial charge in [0.15, 0.2) is 17.3 Å². The molecule has 0 unspecified atom stereocenters. The van der Waals surface area contributed by atoms with Gasteiger partial charge < -0.3 is 19.2 Å². The molecule has 0 bridgehead atoms. The highest BCUT2D eigenvalue weighted by Gasteiger charge is 2.22. The van der Waals surface area contributed by atoms with Gasteiger partial charge in [0.2, 0.25) is 5.78 Å². The summed E-state index contributed by atoms with van der Waals surface area (Å²) in [5.74, 6) is -4.96. The van der Waals surface area contributed by atoms with Crippen molar-refractivity contribution in [2.75, 3.05) is 0 Å². The Labute approximate surface area is 394 Å². The predicted molar refractivity (Wildman–Crippen MR) is 250 cm³/mol. The molecule has 0 spiro atoms. The molecule has 0 aliphatic carbocycles. The summed E-state index contributed by atoms with van der Waals surface area (Å²) in [6, 6.07) is 30.5. The summed E-state index contributed by atoms with van der Waals surface area (Å²) in [4.78, 5) is 60.9. The molecule has 0 aliphatic heterocycles. The zero-order valence-electron chi connectivity index (χ0n) is 37.5. The standard InChI is InChI=1S/C22H17F2NO4.C20H17F2NO.C13H12FNO/c23-17-5-1-14(2-6-17)9-16-12-25(11-15-3-7-18(24)8-4-15)13-19(16)20(26)10-21(27)22(28)29;1-14(24)20-13-23(11-16-4-8-19(22)9-5-16)12-17(20)10-15-2-6-18(21)7-3-15;1-9(16)13-8-15-7-11(13)6-10-2-4-12(14)5-3-10/h1-8,12-13H,9-11H2,(H,28,29);2-9,12-13H,10-11H2,1H3;2-5,7-8,15H,6H2,1H3. The van der Waals surface area contributed by atoms with Crippen LogP contribution in [-0.4, -0.2) is 48.3 Å². The summed E-state index contributed by atoms with van der Waals surface area (Å²) in [6.07, 6.45) is 11.2. The summed E-state index contributed by atoms with van der Waals surface area (Å²) in [5, 5.41) is 8.76. The lowest BCUT2D eigenvalue weighted by molar-refractivity contribution is -0.148. The van der Waals surface area contributed by atoms with Crippen LogP contribution in [0.1, 0.15) is 95.8 Å². The van der Waals surface area contributed by atoms with Crippen LogP contribution in [0.15, 0.2) is 159 Å². The van der Waals surface area contributed by atoms with Gasteiger partial charge >= 0.3 is 5.97 Å². The molecule has 0 aliphatic rings. The highest BCUT2D eigenvalue weighted by Crippen LogP contribution is 2.22. The summed E-state index contributed by atoms with van der Waals surface area (Å²) < 4.78 is 68.6. The van der Waals surface area contributed by atoms with E-state index in [4.69, 9.17) is 5.11 Å². The van der Waals surface area contributed by atoms with Crippen molar-refractivity contribution in [3.8, 4) is 0 Å². The fourth-order valence-electron chi connectivity index (χ4n) is 7.40. The normalized spacial score (nSPS) is 10.7. The summed E-state index contributed by atoms with van der Waals surface area (Å²) in [6.45, 7) is 3.99. The van der Waals surface area contributed by atoms with Crippen LogP contribution in [0.5, 0.6) is 0 Å². The number of carbonyl (C=O) groups excluding carboxylic acids is 4. The number of benzene rings is 5. The largest absolute Gasteiger partial charge is 0.475 e. The third-order valence-corrected chi connectivity index (χ3v) is 10.9. The van der Waals surface area contributed by atoms with Gasteiger partial charge in [0.05, 0.1) is 6.42 Å². The summed E-state index contributed by atoms with van der Waals surface area (Å²) in [7, 11) is 0. The monoisotopic (exact) mass is 939 g/mol. The minimum absolute atomic E-state index is 0.00929. The van der Waals surface area contributed by atoms with Crippen molar-refractivity contribution in [1.29, 1.82) is 0 Å². The van der Waals surface area contributed by atoms with Crippen LogP contribution in [0.25, 0.3) is 0 Å². The van der Waals surface area contributed by atoms with E-state index in [-0.39, 0.29) is 46.2 Å². The highest BCUT2D eigenvalue weighted by atomic mass is 19.1. The first kappa shape index (κ1) is 50.2. The molecule has 2 N–H and O–H groups in total. The van der Waals surface area contributed by atoms with E-state index in [0.29, 0.717) is 49.0 Å². The third-order valence-electron chi connectivity index (χ3n) is 10.9. The average molecular weight is 940 g/mol. The number of rotatable bonds is 16. The van der Waals surface area contributed by atoms with Crippen LogP contribution in [-0.2, 0) is 41.9 Å². The number of H-pyrrole nitrogens is 1.